The van der Waals surface area contributed by atoms with E-state index in [1.807, 2.05) is 48.5 Å². The lowest BCUT2D eigenvalue weighted by Gasteiger charge is -2.21. The van der Waals surface area contributed by atoms with Crippen LogP contribution in [-0.2, 0) is 4.79 Å². The van der Waals surface area contributed by atoms with Gasteiger partial charge in [0.2, 0.25) is 0 Å². The average Bonchev–Trinajstić information content (AvgIpc) is 3.12. The Labute approximate surface area is 158 Å². The normalized spacial score (nSPS) is 16.7. The zero-order valence-electron chi connectivity index (χ0n) is 13.8. The number of carbonyl (C=O) groups is 1. The van der Waals surface area contributed by atoms with Gasteiger partial charge in [0.1, 0.15) is 5.58 Å². The smallest absolute Gasteiger partial charge is 0.345 e. The third kappa shape index (κ3) is 2.97. The first-order chi connectivity index (χ1) is 12.7. The van der Waals surface area contributed by atoms with Crippen LogP contribution in [-0.4, -0.2) is 22.0 Å². The van der Waals surface area contributed by atoms with Crippen molar-refractivity contribution in [2.75, 3.05) is 5.33 Å². The van der Waals surface area contributed by atoms with Gasteiger partial charge in [0.25, 0.3) is 5.91 Å². The second-order valence-electron chi connectivity index (χ2n) is 6.03. The zero-order chi connectivity index (χ0) is 18.1. The Morgan fingerprint density at radius 2 is 1.88 bits per heavy atom. The van der Waals surface area contributed by atoms with E-state index >= 15 is 0 Å². The van der Waals surface area contributed by atoms with Crippen LogP contribution in [0.2, 0.25) is 0 Å². The number of alkyl halides is 1. The first kappa shape index (κ1) is 16.7. The van der Waals surface area contributed by atoms with E-state index in [4.69, 9.17) is 4.42 Å². The van der Waals surface area contributed by atoms with E-state index in [1.165, 1.54) is 5.01 Å². The van der Waals surface area contributed by atoms with Crippen LogP contribution in [0.15, 0.2) is 75.0 Å². The Hall–Kier alpha value is -2.73. The Morgan fingerprint density at radius 3 is 2.65 bits per heavy atom. The summed E-state index contributed by atoms with van der Waals surface area (Å²) in [6, 6.07) is 18.6. The minimum Gasteiger partial charge on any atom is -0.422 e. The quantitative estimate of drug-likeness (QED) is 0.486. The molecule has 6 heteroatoms. The molecular formula is C20H15BrN2O3. The molecule has 0 saturated heterocycles. The number of hydrogen-bond acceptors (Lipinski definition) is 4. The molecule has 130 valence electrons. The van der Waals surface area contributed by atoms with Crippen molar-refractivity contribution in [2.24, 2.45) is 5.10 Å². The van der Waals surface area contributed by atoms with Crippen molar-refractivity contribution in [3.8, 4) is 0 Å². The van der Waals surface area contributed by atoms with Crippen molar-refractivity contribution >= 4 is 38.5 Å². The van der Waals surface area contributed by atoms with Crippen LogP contribution < -0.4 is 5.63 Å². The van der Waals surface area contributed by atoms with Gasteiger partial charge >= 0.3 is 5.63 Å². The maximum absolute atomic E-state index is 12.4. The number of hydrogen-bond donors (Lipinski definition) is 0. The molecule has 26 heavy (non-hydrogen) atoms. The number of hydrazone groups is 1. The van der Waals surface area contributed by atoms with Crippen molar-refractivity contribution in [1.29, 1.82) is 0 Å². The topological polar surface area (TPSA) is 62.9 Å². The molecule has 5 nitrogen and oxygen atoms in total. The molecule has 2 heterocycles. The van der Waals surface area contributed by atoms with E-state index in [1.54, 1.807) is 12.1 Å². The summed E-state index contributed by atoms with van der Waals surface area (Å²) in [5.74, 6) is -0.154. The monoisotopic (exact) mass is 410 g/mol. The first-order valence-corrected chi connectivity index (χ1v) is 9.33. The minimum absolute atomic E-state index is 0.154. The number of para-hydroxylation sites is 1. The van der Waals surface area contributed by atoms with E-state index in [2.05, 4.69) is 21.0 Å². The molecule has 0 spiro atoms. The maximum Gasteiger partial charge on any atom is 0.345 e. The van der Waals surface area contributed by atoms with E-state index < -0.39 is 5.63 Å². The zero-order valence-corrected chi connectivity index (χ0v) is 15.3. The van der Waals surface area contributed by atoms with Gasteiger partial charge < -0.3 is 4.42 Å². The van der Waals surface area contributed by atoms with Crippen LogP contribution >= 0.6 is 15.9 Å². The van der Waals surface area contributed by atoms with Crippen molar-refractivity contribution in [3.63, 3.8) is 0 Å². The maximum atomic E-state index is 12.4. The van der Waals surface area contributed by atoms with Crippen LogP contribution in [0, 0.1) is 0 Å². The highest BCUT2D eigenvalue weighted by Crippen LogP contribution is 2.32. The van der Waals surface area contributed by atoms with Crippen molar-refractivity contribution < 1.29 is 9.21 Å². The molecule has 1 unspecified atom stereocenters. The van der Waals surface area contributed by atoms with Gasteiger partial charge in [-0.3, -0.25) is 4.79 Å². The Morgan fingerprint density at radius 1 is 1.15 bits per heavy atom. The fourth-order valence-corrected chi connectivity index (χ4v) is 3.42. The molecule has 0 aliphatic carbocycles. The lowest BCUT2D eigenvalue weighted by atomic mass is 9.99. The third-order valence-electron chi connectivity index (χ3n) is 4.42. The fourth-order valence-electron chi connectivity index (χ4n) is 3.16. The number of halogens is 1. The van der Waals surface area contributed by atoms with Gasteiger partial charge in [0.05, 0.1) is 22.6 Å². The summed E-state index contributed by atoms with van der Waals surface area (Å²) in [4.78, 5) is 24.8. The van der Waals surface area contributed by atoms with Gasteiger partial charge in [-0.25, -0.2) is 9.80 Å². The largest absolute Gasteiger partial charge is 0.422 e. The summed E-state index contributed by atoms with van der Waals surface area (Å²) >= 11 is 3.21. The molecule has 3 aromatic rings. The Bertz CT molecular complexity index is 1060. The second-order valence-corrected chi connectivity index (χ2v) is 6.60. The van der Waals surface area contributed by atoms with Crippen LogP contribution in [0.25, 0.3) is 11.0 Å². The van der Waals surface area contributed by atoms with Gasteiger partial charge in [-0.2, -0.15) is 5.10 Å². The molecular weight excluding hydrogens is 396 g/mol. The van der Waals surface area contributed by atoms with Crippen LogP contribution in [0.5, 0.6) is 0 Å². The van der Waals surface area contributed by atoms with Gasteiger partial charge in [0.15, 0.2) is 0 Å². The molecule has 4 rings (SSSR count). The number of nitrogens with zero attached hydrogens (tertiary/aromatic N) is 2. The summed E-state index contributed by atoms with van der Waals surface area (Å²) in [5, 5.41) is 6.91. The van der Waals surface area contributed by atoms with Gasteiger partial charge in [-0.05, 0) is 17.7 Å². The van der Waals surface area contributed by atoms with E-state index in [-0.39, 0.29) is 17.3 Å². The summed E-state index contributed by atoms with van der Waals surface area (Å²) in [7, 11) is 0. The lowest BCUT2D eigenvalue weighted by molar-refractivity contribution is -0.130. The van der Waals surface area contributed by atoms with Gasteiger partial charge in [-0.1, -0.05) is 64.5 Å². The number of benzene rings is 2. The molecule has 0 N–H and O–H groups in total. The highest BCUT2D eigenvalue weighted by molar-refractivity contribution is 9.09. The number of fused-ring (bicyclic) bond motifs is 1. The van der Waals surface area contributed by atoms with Crippen molar-refractivity contribution in [1.82, 2.24) is 5.01 Å². The molecule has 1 atom stereocenters. The molecule has 1 amide bonds. The molecule has 0 bridgehead atoms. The predicted octanol–water partition coefficient (Wildman–Crippen LogP) is 3.87. The van der Waals surface area contributed by atoms with Crippen molar-refractivity contribution in [3.05, 3.63) is 82.2 Å². The molecule has 1 aliphatic rings. The summed E-state index contributed by atoms with van der Waals surface area (Å²) < 4.78 is 5.42. The summed E-state index contributed by atoms with van der Waals surface area (Å²) in [6.07, 6.45) is 0.464. The Kier molecular flexibility index (Phi) is 4.42. The summed E-state index contributed by atoms with van der Waals surface area (Å²) in [5.41, 5.74) is 2.03. The molecule has 1 aromatic heterocycles. The van der Waals surface area contributed by atoms with Crippen LogP contribution in [0.3, 0.4) is 0 Å². The standard InChI is InChI=1S/C20H15BrN2O3/c21-12-19(24)23-17(13-6-2-1-3-7-13)11-16(22-23)15-10-14-8-4-5-9-18(14)26-20(15)25/h1-10,17H,11-12H2. The molecule has 0 saturated carbocycles. The SMILES string of the molecule is O=C(CBr)N1N=C(c2cc3ccccc3oc2=O)CC1c1ccccc1. The van der Waals surface area contributed by atoms with Gasteiger partial charge in [0, 0.05) is 11.8 Å². The third-order valence-corrected chi connectivity index (χ3v) is 4.90. The van der Waals surface area contributed by atoms with E-state index in [0.29, 0.717) is 23.3 Å². The molecule has 0 fully saturated rings. The molecule has 0 radical (unpaired) electrons. The predicted molar refractivity (Wildman–Crippen MR) is 103 cm³/mol. The fraction of sp³-hybridized carbons (Fsp3) is 0.150. The summed E-state index contributed by atoms with van der Waals surface area (Å²) in [6.45, 7) is 0. The average molecular weight is 411 g/mol. The second kappa shape index (κ2) is 6.88. The van der Waals surface area contributed by atoms with E-state index in [0.717, 1.165) is 10.9 Å². The number of carbonyl (C=O) groups excluding carboxylic acids is 1. The highest BCUT2D eigenvalue weighted by Gasteiger charge is 2.33. The van der Waals surface area contributed by atoms with Crippen LogP contribution in [0.1, 0.15) is 23.6 Å². The molecule has 1 aliphatic heterocycles. The lowest BCUT2D eigenvalue weighted by Crippen LogP contribution is -2.27. The Balaban J connectivity index is 1.78. The van der Waals surface area contributed by atoms with Crippen molar-refractivity contribution in [2.45, 2.75) is 12.5 Å². The highest BCUT2D eigenvalue weighted by atomic mass is 79.9. The molecule has 2 aromatic carbocycles. The minimum atomic E-state index is -0.442. The number of rotatable bonds is 3. The van der Waals surface area contributed by atoms with Crippen LogP contribution in [0.4, 0.5) is 0 Å². The van der Waals surface area contributed by atoms with Gasteiger partial charge in [-0.15, -0.1) is 0 Å². The first-order valence-electron chi connectivity index (χ1n) is 8.21. The number of amides is 1. The van der Waals surface area contributed by atoms with E-state index in [9.17, 15) is 9.59 Å².